The molecule has 0 aliphatic rings. The summed E-state index contributed by atoms with van der Waals surface area (Å²) in [5.41, 5.74) is 1.59. The molecule has 0 unspecified atom stereocenters. The molecule has 0 spiro atoms. The molecule has 0 atom stereocenters. The van der Waals surface area contributed by atoms with Crippen molar-refractivity contribution in [2.24, 2.45) is 0 Å². The second-order valence-electron chi connectivity index (χ2n) is 7.58. The van der Waals surface area contributed by atoms with Crippen LogP contribution in [0, 0.1) is 0 Å². The first-order valence-corrected chi connectivity index (χ1v) is 12.1. The summed E-state index contributed by atoms with van der Waals surface area (Å²) in [6.45, 7) is 11.3. The van der Waals surface area contributed by atoms with Gasteiger partial charge < -0.3 is 20.3 Å². The van der Waals surface area contributed by atoms with Gasteiger partial charge in [-0.3, -0.25) is 14.9 Å². The lowest BCUT2D eigenvalue weighted by Crippen LogP contribution is -2.35. The van der Waals surface area contributed by atoms with Crippen molar-refractivity contribution in [1.82, 2.24) is 15.5 Å². The fourth-order valence-electron chi connectivity index (χ4n) is 3.04. The van der Waals surface area contributed by atoms with E-state index < -0.39 is 0 Å². The topological polar surface area (TPSA) is 82.7 Å². The molecular weight excluding hydrogens is 504 g/mol. The third-order valence-electron chi connectivity index (χ3n) is 4.79. The van der Waals surface area contributed by atoms with Crippen LogP contribution in [0.15, 0.2) is 46.9 Å². The minimum Gasteiger partial charge on any atom is -0.490 e. The van der Waals surface area contributed by atoms with Crippen molar-refractivity contribution < 1.29 is 14.3 Å². The Morgan fingerprint density at radius 2 is 1.73 bits per heavy atom. The maximum absolute atomic E-state index is 12.7. The summed E-state index contributed by atoms with van der Waals surface area (Å²) < 4.78 is 6.48. The highest BCUT2D eigenvalue weighted by molar-refractivity contribution is 9.10. The van der Waals surface area contributed by atoms with Gasteiger partial charge in [-0.05, 0) is 81.6 Å². The lowest BCUT2D eigenvalue weighted by Gasteiger charge is -2.18. The summed E-state index contributed by atoms with van der Waals surface area (Å²) in [6.07, 6.45) is -0.0734. The Morgan fingerprint density at radius 3 is 2.33 bits per heavy atom. The van der Waals surface area contributed by atoms with Gasteiger partial charge >= 0.3 is 0 Å². The smallest absolute Gasteiger partial charge is 0.261 e. The number of rotatable bonds is 10. The van der Waals surface area contributed by atoms with Crippen LogP contribution in [0.4, 0.5) is 5.69 Å². The van der Waals surface area contributed by atoms with E-state index in [0.717, 1.165) is 24.1 Å². The van der Waals surface area contributed by atoms with Gasteiger partial charge in [-0.25, -0.2) is 0 Å². The number of halogens is 1. The molecule has 2 rings (SSSR count). The Hall–Kier alpha value is -2.49. The molecule has 0 saturated carbocycles. The Morgan fingerprint density at radius 1 is 1.06 bits per heavy atom. The van der Waals surface area contributed by atoms with Gasteiger partial charge in [0.25, 0.3) is 11.8 Å². The zero-order valence-corrected chi connectivity index (χ0v) is 21.8. The van der Waals surface area contributed by atoms with Gasteiger partial charge in [0.05, 0.1) is 11.7 Å². The molecule has 2 aromatic rings. The van der Waals surface area contributed by atoms with Gasteiger partial charge in [-0.1, -0.05) is 29.8 Å². The molecule has 178 valence electrons. The van der Waals surface area contributed by atoms with E-state index in [0.29, 0.717) is 29.1 Å². The summed E-state index contributed by atoms with van der Waals surface area (Å²) in [4.78, 5) is 27.3. The number of amides is 2. The van der Waals surface area contributed by atoms with E-state index in [4.69, 9.17) is 17.0 Å². The monoisotopic (exact) mass is 534 g/mol. The highest BCUT2D eigenvalue weighted by Crippen LogP contribution is 2.24. The lowest BCUT2D eigenvalue weighted by atomic mass is 10.2. The average molecular weight is 536 g/mol. The number of anilines is 1. The standard InChI is InChI=1S/C24H31BrN4O3S/c1-5-29(6-2)14-13-26-22(30)17-7-10-19(11-8-17)27-24(33)28-23(31)20-15-18(25)9-12-21(20)32-16(3)4/h7-12,15-16H,5-6,13-14H2,1-4H3,(H,26,30)(H2,27,28,31,33). The molecule has 0 bridgehead atoms. The van der Waals surface area contributed by atoms with Crippen molar-refractivity contribution in [3.05, 3.63) is 58.1 Å². The summed E-state index contributed by atoms with van der Waals surface area (Å²) in [7, 11) is 0. The van der Waals surface area contributed by atoms with Crippen LogP contribution in [0.2, 0.25) is 0 Å². The number of carbonyl (C=O) groups excluding carboxylic acids is 2. The Balaban J connectivity index is 1.92. The molecule has 2 amide bonds. The quantitative estimate of drug-likeness (QED) is 0.391. The van der Waals surface area contributed by atoms with Crippen molar-refractivity contribution in [2.45, 2.75) is 33.8 Å². The number of hydrogen-bond acceptors (Lipinski definition) is 5. The maximum Gasteiger partial charge on any atom is 0.261 e. The van der Waals surface area contributed by atoms with Crippen LogP contribution in [0.5, 0.6) is 5.75 Å². The van der Waals surface area contributed by atoms with E-state index in [-0.39, 0.29) is 23.0 Å². The number of likely N-dealkylation sites (N-methyl/N-ethyl adjacent to an activating group) is 1. The molecule has 0 radical (unpaired) electrons. The van der Waals surface area contributed by atoms with Crippen LogP contribution in [-0.4, -0.2) is 54.1 Å². The predicted octanol–water partition coefficient (Wildman–Crippen LogP) is 4.43. The van der Waals surface area contributed by atoms with Crippen molar-refractivity contribution >= 4 is 50.8 Å². The molecule has 33 heavy (non-hydrogen) atoms. The number of benzene rings is 2. The molecule has 7 nitrogen and oxygen atoms in total. The average Bonchev–Trinajstić information content (AvgIpc) is 2.77. The normalized spacial score (nSPS) is 10.8. The zero-order valence-electron chi connectivity index (χ0n) is 19.4. The molecule has 9 heteroatoms. The van der Waals surface area contributed by atoms with Crippen LogP contribution in [0.3, 0.4) is 0 Å². The van der Waals surface area contributed by atoms with E-state index in [9.17, 15) is 9.59 Å². The molecular formula is C24H31BrN4O3S. The van der Waals surface area contributed by atoms with Crippen LogP contribution >= 0.6 is 28.1 Å². The largest absolute Gasteiger partial charge is 0.490 e. The van der Waals surface area contributed by atoms with Gasteiger partial charge in [-0.2, -0.15) is 0 Å². The number of nitrogens with one attached hydrogen (secondary N) is 3. The van der Waals surface area contributed by atoms with Crippen LogP contribution in [-0.2, 0) is 0 Å². The van der Waals surface area contributed by atoms with Gasteiger partial charge in [-0.15, -0.1) is 0 Å². The first-order chi connectivity index (χ1) is 15.7. The maximum atomic E-state index is 12.7. The van der Waals surface area contributed by atoms with Gasteiger partial charge in [0.2, 0.25) is 0 Å². The first-order valence-electron chi connectivity index (χ1n) is 10.9. The summed E-state index contributed by atoms with van der Waals surface area (Å²) >= 11 is 8.67. The summed E-state index contributed by atoms with van der Waals surface area (Å²) in [5.74, 6) is -0.0320. The van der Waals surface area contributed by atoms with Crippen molar-refractivity contribution in [3.8, 4) is 5.75 Å². The Kier molecular flexibility index (Phi) is 10.8. The van der Waals surface area contributed by atoms with Gasteiger partial charge in [0, 0.05) is 28.8 Å². The Labute approximate surface area is 209 Å². The van der Waals surface area contributed by atoms with Crippen molar-refractivity contribution in [2.75, 3.05) is 31.5 Å². The zero-order chi connectivity index (χ0) is 24.4. The van der Waals surface area contributed by atoms with E-state index in [1.54, 1.807) is 36.4 Å². The number of hydrogen-bond donors (Lipinski definition) is 3. The fraction of sp³-hybridized carbons (Fsp3) is 0.375. The first kappa shape index (κ1) is 26.8. The highest BCUT2D eigenvalue weighted by atomic mass is 79.9. The van der Waals surface area contributed by atoms with Crippen LogP contribution in [0.25, 0.3) is 0 Å². The molecule has 0 aliphatic carbocycles. The third-order valence-corrected chi connectivity index (χ3v) is 5.49. The number of nitrogens with zero attached hydrogens (tertiary/aromatic N) is 1. The summed E-state index contributed by atoms with van der Waals surface area (Å²) in [6, 6.07) is 12.1. The minimum atomic E-state index is -0.381. The summed E-state index contributed by atoms with van der Waals surface area (Å²) in [5, 5.41) is 8.71. The molecule has 3 N–H and O–H groups in total. The minimum absolute atomic E-state index is 0.0734. The lowest BCUT2D eigenvalue weighted by molar-refractivity contribution is 0.0946. The molecule has 0 aliphatic heterocycles. The predicted molar refractivity (Wildman–Crippen MR) is 140 cm³/mol. The van der Waals surface area contributed by atoms with E-state index in [1.807, 2.05) is 19.9 Å². The van der Waals surface area contributed by atoms with Crippen molar-refractivity contribution in [3.63, 3.8) is 0 Å². The second kappa shape index (κ2) is 13.3. The highest BCUT2D eigenvalue weighted by Gasteiger charge is 2.16. The van der Waals surface area contributed by atoms with E-state index in [1.165, 1.54) is 0 Å². The SMILES string of the molecule is CCN(CC)CCNC(=O)c1ccc(NC(=S)NC(=O)c2cc(Br)ccc2OC(C)C)cc1. The molecule has 0 fully saturated rings. The number of ether oxygens (including phenoxy) is 1. The van der Waals surface area contributed by atoms with Crippen molar-refractivity contribution in [1.29, 1.82) is 0 Å². The number of carbonyl (C=O) groups is 2. The molecule has 0 saturated heterocycles. The molecule has 0 heterocycles. The molecule has 0 aromatic heterocycles. The van der Waals surface area contributed by atoms with E-state index >= 15 is 0 Å². The number of thiocarbonyl (C=S) groups is 1. The van der Waals surface area contributed by atoms with Gasteiger partial charge in [0.1, 0.15) is 5.75 Å². The third kappa shape index (κ3) is 8.75. The molecule has 2 aromatic carbocycles. The Bertz CT molecular complexity index is 963. The van der Waals surface area contributed by atoms with Crippen LogP contribution in [0.1, 0.15) is 48.4 Å². The second-order valence-corrected chi connectivity index (χ2v) is 8.90. The van der Waals surface area contributed by atoms with Crippen LogP contribution < -0.4 is 20.7 Å². The fourth-order valence-corrected chi connectivity index (χ4v) is 3.62. The van der Waals surface area contributed by atoms with Gasteiger partial charge in [0.15, 0.2) is 5.11 Å². The van der Waals surface area contributed by atoms with E-state index in [2.05, 4.69) is 50.6 Å².